The molecule has 0 saturated heterocycles. The molecule has 2 amide bonds. The Balaban J connectivity index is 1.64. The summed E-state index contributed by atoms with van der Waals surface area (Å²) >= 11 is 0. The van der Waals surface area contributed by atoms with Gasteiger partial charge in [-0.25, -0.2) is 16.8 Å². The minimum atomic E-state index is -3.77. The smallest absolute Gasteiger partial charge is 0.255 e. The number of benzene rings is 3. The Bertz CT molecular complexity index is 1580. The Hall–Kier alpha value is -4.62. The Kier molecular flexibility index (Phi) is 11.7. The first-order valence-corrected chi connectivity index (χ1v) is 16.2. The Morgan fingerprint density at radius 1 is 0.523 bits per heavy atom. The average Bonchev–Trinajstić information content (AvgIpc) is 3.01. The van der Waals surface area contributed by atoms with Crippen molar-refractivity contribution < 1.29 is 26.4 Å². The van der Waals surface area contributed by atoms with Gasteiger partial charge in [0.1, 0.15) is 0 Å². The summed E-state index contributed by atoms with van der Waals surface area (Å²) in [5.41, 5.74) is 1.33. The molecule has 0 unspecified atom stereocenters. The zero-order valence-corrected chi connectivity index (χ0v) is 25.7. The molecular formula is C32H34N4O6S2. The number of amides is 2. The van der Waals surface area contributed by atoms with Gasteiger partial charge >= 0.3 is 0 Å². The molecule has 0 spiro atoms. The highest BCUT2D eigenvalue weighted by atomic mass is 32.2. The third-order valence-electron chi connectivity index (χ3n) is 6.24. The van der Waals surface area contributed by atoms with Crippen molar-refractivity contribution in [1.29, 1.82) is 0 Å². The molecule has 0 aromatic heterocycles. The van der Waals surface area contributed by atoms with Gasteiger partial charge in [-0.1, -0.05) is 24.3 Å². The van der Waals surface area contributed by atoms with Crippen molar-refractivity contribution in [2.45, 2.75) is 9.79 Å². The lowest BCUT2D eigenvalue weighted by molar-refractivity contribution is 0.101. The van der Waals surface area contributed by atoms with E-state index in [4.69, 9.17) is 0 Å². The zero-order valence-electron chi connectivity index (χ0n) is 24.1. The van der Waals surface area contributed by atoms with E-state index in [-0.39, 0.29) is 47.1 Å². The van der Waals surface area contributed by atoms with Crippen molar-refractivity contribution >= 4 is 43.2 Å². The van der Waals surface area contributed by atoms with Gasteiger partial charge in [-0.15, -0.1) is 26.3 Å². The number of anilines is 2. The van der Waals surface area contributed by atoms with E-state index in [2.05, 4.69) is 36.9 Å². The monoisotopic (exact) mass is 634 g/mol. The minimum absolute atomic E-state index is 0.0631. The molecule has 10 nitrogen and oxygen atoms in total. The fraction of sp³-hybridized carbons (Fsp3) is 0.125. The van der Waals surface area contributed by atoms with Crippen LogP contribution in [0.1, 0.15) is 20.7 Å². The van der Waals surface area contributed by atoms with E-state index in [9.17, 15) is 26.4 Å². The van der Waals surface area contributed by atoms with Gasteiger partial charge in [-0.2, -0.15) is 8.61 Å². The molecule has 12 heteroatoms. The predicted octanol–water partition coefficient (Wildman–Crippen LogP) is 4.92. The van der Waals surface area contributed by atoms with E-state index in [1.165, 1.54) is 106 Å². The first-order chi connectivity index (χ1) is 21.0. The van der Waals surface area contributed by atoms with Crippen LogP contribution in [-0.4, -0.2) is 63.4 Å². The third-order valence-corrected chi connectivity index (χ3v) is 9.93. The number of nitrogens with zero attached hydrogens (tertiary/aromatic N) is 2. The van der Waals surface area contributed by atoms with Crippen molar-refractivity contribution in [2.75, 3.05) is 36.8 Å². The molecule has 0 fully saturated rings. The molecule has 3 rings (SSSR count). The summed E-state index contributed by atoms with van der Waals surface area (Å²) in [6.07, 6.45) is 5.95. The number of hydrogen-bond donors (Lipinski definition) is 2. The molecule has 0 bridgehead atoms. The van der Waals surface area contributed by atoms with Crippen molar-refractivity contribution in [1.82, 2.24) is 8.61 Å². The van der Waals surface area contributed by atoms with Crippen LogP contribution >= 0.6 is 0 Å². The van der Waals surface area contributed by atoms with Crippen molar-refractivity contribution in [2.24, 2.45) is 0 Å². The van der Waals surface area contributed by atoms with Gasteiger partial charge in [-0.05, 0) is 72.8 Å². The van der Waals surface area contributed by atoms with Crippen molar-refractivity contribution in [3.05, 3.63) is 135 Å². The molecule has 230 valence electrons. The van der Waals surface area contributed by atoms with Crippen LogP contribution in [0.4, 0.5) is 11.4 Å². The van der Waals surface area contributed by atoms with E-state index in [1.807, 2.05) is 0 Å². The maximum absolute atomic E-state index is 12.9. The number of sulfonamides is 2. The van der Waals surface area contributed by atoms with E-state index in [1.54, 1.807) is 0 Å². The topological polar surface area (TPSA) is 133 Å². The molecule has 0 heterocycles. The molecule has 0 aliphatic heterocycles. The second kappa shape index (κ2) is 15.2. The standard InChI is InChI=1S/C32H34N4O6S2/c1-5-21-35(22-6-2)43(39,40)29-17-13-27(14-18-29)33-31(37)25-9-11-26(12-10-25)32(38)34-28-15-19-30(20-16-28)44(41,42)36(23-7-3)24-8-4/h5-20H,1-4,21-24H2,(H,33,37)(H,34,38). The van der Waals surface area contributed by atoms with Gasteiger partial charge in [0.05, 0.1) is 9.79 Å². The largest absolute Gasteiger partial charge is 0.322 e. The molecule has 44 heavy (non-hydrogen) atoms. The fourth-order valence-electron chi connectivity index (χ4n) is 4.02. The van der Waals surface area contributed by atoms with Crippen LogP contribution in [0.3, 0.4) is 0 Å². The zero-order chi connectivity index (χ0) is 32.3. The minimum Gasteiger partial charge on any atom is -0.322 e. The summed E-state index contributed by atoms with van der Waals surface area (Å²) in [6, 6.07) is 17.5. The van der Waals surface area contributed by atoms with Crippen LogP contribution < -0.4 is 10.6 Å². The molecule has 3 aromatic rings. The van der Waals surface area contributed by atoms with E-state index < -0.39 is 31.9 Å². The second-order valence-electron chi connectivity index (χ2n) is 9.33. The van der Waals surface area contributed by atoms with E-state index in [0.717, 1.165) is 0 Å². The molecule has 0 radical (unpaired) electrons. The highest BCUT2D eigenvalue weighted by Gasteiger charge is 2.23. The quantitative estimate of drug-likeness (QED) is 0.215. The van der Waals surface area contributed by atoms with Crippen LogP contribution in [0.25, 0.3) is 0 Å². The molecular weight excluding hydrogens is 601 g/mol. The SMILES string of the molecule is C=CCN(CC=C)S(=O)(=O)c1ccc(NC(=O)c2ccc(C(=O)Nc3ccc(S(=O)(=O)N(CC=C)CC=C)cc3)cc2)cc1. The lowest BCUT2D eigenvalue weighted by atomic mass is 10.1. The normalized spacial score (nSPS) is 11.5. The van der Waals surface area contributed by atoms with Crippen LogP contribution in [0, 0.1) is 0 Å². The lowest BCUT2D eigenvalue weighted by Crippen LogP contribution is -2.31. The van der Waals surface area contributed by atoms with E-state index >= 15 is 0 Å². The van der Waals surface area contributed by atoms with Crippen molar-refractivity contribution in [3.8, 4) is 0 Å². The highest BCUT2D eigenvalue weighted by Crippen LogP contribution is 2.21. The highest BCUT2D eigenvalue weighted by molar-refractivity contribution is 7.89. The van der Waals surface area contributed by atoms with Crippen LogP contribution in [0.2, 0.25) is 0 Å². The molecule has 0 atom stereocenters. The Morgan fingerprint density at radius 2 is 0.795 bits per heavy atom. The molecule has 0 aliphatic carbocycles. The summed E-state index contributed by atoms with van der Waals surface area (Å²) in [7, 11) is -7.54. The Labute approximate surface area is 258 Å². The van der Waals surface area contributed by atoms with Crippen LogP contribution in [0.15, 0.2) is 133 Å². The van der Waals surface area contributed by atoms with Crippen LogP contribution in [0.5, 0.6) is 0 Å². The number of carbonyl (C=O) groups is 2. The summed E-state index contributed by atoms with van der Waals surface area (Å²) in [5, 5.41) is 5.40. The lowest BCUT2D eigenvalue weighted by Gasteiger charge is -2.19. The predicted molar refractivity (Wildman–Crippen MR) is 174 cm³/mol. The summed E-state index contributed by atoms with van der Waals surface area (Å²) in [6.45, 7) is 14.9. The fourth-order valence-corrected chi connectivity index (χ4v) is 6.78. The van der Waals surface area contributed by atoms with Gasteiger partial charge in [0.2, 0.25) is 20.0 Å². The maximum atomic E-state index is 12.9. The summed E-state index contributed by atoms with van der Waals surface area (Å²) in [4.78, 5) is 25.7. The van der Waals surface area contributed by atoms with Gasteiger partial charge in [0.25, 0.3) is 11.8 Å². The average molecular weight is 635 g/mol. The first kappa shape index (κ1) is 33.9. The first-order valence-electron chi connectivity index (χ1n) is 13.3. The summed E-state index contributed by atoms with van der Waals surface area (Å²) < 4.78 is 53.9. The number of nitrogens with one attached hydrogen (secondary N) is 2. The Morgan fingerprint density at radius 3 is 1.05 bits per heavy atom. The number of rotatable bonds is 16. The molecule has 0 saturated carbocycles. The molecule has 2 N–H and O–H groups in total. The molecule has 3 aromatic carbocycles. The van der Waals surface area contributed by atoms with Gasteiger partial charge < -0.3 is 10.6 Å². The second-order valence-corrected chi connectivity index (χ2v) is 13.2. The van der Waals surface area contributed by atoms with Gasteiger partial charge in [0.15, 0.2) is 0 Å². The van der Waals surface area contributed by atoms with Crippen LogP contribution in [-0.2, 0) is 20.0 Å². The molecule has 0 aliphatic rings. The van der Waals surface area contributed by atoms with E-state index in [0.29, 0.717) is 11.4 Å². The van der Waals surface area contributed by atoms with Crippen molar-refractivity contribution in [3.63, 3.8) is 0 Å². The summed E-state index contributed by atoms with van der Waals surface area (Å²) in [5.74, 6) is -0.905. The third kappa shape index (κ3) is 8.26. The number of hydrogen-bond acceptors (Lipinski definition) is 6. The van der Waals surface area contributed by atoms with Gasteiger partial charge in [0, 0.05) is 48.7 Å². The number of carbonyl (C=O) groups excluding carboxylic acids is 2. The van der Waals surface area contributed by atoms with Gasteiger partial charge in [-0.3, -0.25) is 9.59 Å². The maximum Gasteiger partial charge on any atom is 0.255 e.